The molecule has 1 atom stereocenters. The van der Waals surface area contributed by atoms with Crippen LogP contribution in [0.15, 0.2) is 47.4 Å². The van der Waals surface area contributed by atoms with Crippen LogP contribution in [-0.2, 0) is 0 Å². The number of fused-ring (bicyclic) bond motifs is 1. The van der Waals surface area contributed by atoms with Crippen molar-refractivity contribution >= 4 is 11.5 Å². The molecule has 0 saturated heterocycles. The zero-order valence-corrected chi connectivity index (χ0v) is 13.2. The van der Waals surface area contributed by atoms with Gasteiger partial charge in [-0.25, -0.2) is 4.98 Å². The second-order valence-corrected chi connectivity index (χ2v) is 5.45. The third-order valence-corrected chi connectivity index (χ3v) is 3.58. The Morgan fingerprint density at radius 2 is 2.12 bits per heavy atom. The Morgan fingerprint density at radius 1 is 1.21 bits per heavy atom. The van der Waals surface area contributed by atoms with E-state index in [-0.39, 0.29) is 6.04 Å². The van der Waals surface area contributed by atoms with Gasteiger partial charge in [0.05, 0.1) is 6.20 Å². The summed E-state index contributed by atoms with van der Waals surface area (Å²) >= 11 is 0. The third kappa shape index (κ3) is 2.58. The number of anilines is 1. The fourth-order valence-corrected chi connectivity index (χ4v) is 2.45. The minimum Gasteiger partial charge on any atom is -0.358 e. The van der Waals surface area contributed by atoms with Gasteiger partial charge >= 0.3 is 0 Å². The van der Waals surface area contributed by atoms with E-state index in [2.05, 4.69) is 30.5 Å². The van der Waals surface area contributed by atoms with Crippen molar-refractivity contribution in [1.82, 2.24) is 29.7 Å². The quantitative estimate of drug-likeness (QED) is 0.617. The number of rotatable bonds is 4. The summed E-state index contributed by atoms with van der Waals surface area (Å²) < 4.78 is 7.12. The summed E-state index contributed by atoms with van der Waals surface area (Å²) in [4.78, 5) is 12.9. The van der Waals surface area contributed by atoms with E-state index in [1.165, 1.54) is 0 Å². The van der Waals surface area contributed by atoms with Gasteiger partial charge in [-0.1, -0.05) is 5.16 Å². The van der Waals surface area contributed by atoms with Crippen molar-refractivity contribution in [2.45, 2.75) is 19.9 Å². The minimum absolute atomic E-state index is 0.183. The van der Waals surface area contributed by atoms with Gasteiger partial charge in [0.2, 0.25) is 11.7 Å². The predicted octanol–water partition coefficient (Wildman–Crippen LogP) is 2.66. The predicted molar refractivity (Wildman–Crippen MR) is 87.3 cm³/mol. The van der Waals surface area contributed by atoms with E-state index in [4.69, 9.17) is 4.52 Å². The Labute approximate surface area is 137 Å². The van der Waals surface area contributed by atoms with Crippen LogP contribution in [-0.4, -0.2) is 29.7 Å². The van der Waals surface area contributed by atoms with Gasteiger partial charge in [-0.05, 0) is 26.0 Å². The second-order valence-electron chi connectivity index (χ2n) is 5.45. The van der Waals surface area contributed by atoms with Crippen LogP contribution in [0.2, 0.25) is 0 Å². The van der Waals surface area contributed by atoms with Crippen LogP contribution in [0, 0.1) is 6.92 Å². The lowest BCUT2D eigenvalue weighted by Gasteiger charge is -2.12. The zero-order valence-electron chi connectivity index (χ0n) is 13.2. The van der Waals surface area contributed by atoms with Crippen molar-refractivity contribution in [3.05, 3.63) is 54.4 Å². The smallest absolute Gasteiger partial charge is 0.249 e. The van der Waals surface area contributed by atoms with Crippen LogP contribution >= 0.6 is 0 Å². The first kappa shape index (κ1) is 14.3. The molecule has 0 spiro atoms. The van der Waals surface area contributed by atoms with E-state index < -0.39 is 0 Å². The number of aromatic nitrogens is 6. The summed E-state index contributed by atoms with van der Waals surface area (Å²) in [5.41, 5.74) is 2.50. The molecule has 4 rings (SSSR count). The monoisotopic (exact) mass is 321 g/mol. The number of nitrogens with zero attached hydrogens (tertiary/aromatic N) is 6. The lowest BCUT2D eigenvalue weighted by atomic mass is 10.3. The summed E-state index contributed by atoms with van der Waals surface area (Å²) in [7, 11) is 0. The van der Waals surface area contributed by atoms with E-state index in [1.807, 2.05) is 38.1 Å². The van der Waals surface area contributed by atoms with Crippen LogP contribution in [0.25, 0.3) is 17.0 Å². The summed E-state index contributed by atoms with van der Waals surface area (Å²) in [6.07, 6.45) is 5.12. The molecule has 4 aromatic heterocycles. The third-order valence-electron chi connectivity index (χ3n) is 3.58. The van der Waals surface area contributed by atoms with E-state index in [9.17, 15) is 0 Å². The molecular formula is C16H15N7O. The molecule has 24 heavy (non-hydrogen) atoms. The minimum atomic E-state index is -0.183. The SMILES string of the molecule is Cc1cc(NC(C)c2nc(-c3cccnc3)no2)n2nccc2n1. The first-order valence-corrected chi connectivity index (χ1v) is 7.52. The summed E-state index contributed by atoms with van der Waals surface area (Å²) in [6.45, 7) is 3.89. The lowest BCUT2D eigenvalue weighted by molar-refractivity contribution is 0.367. The normalized spacial score (nSPS) is 12.4. The highest BCUT2D eigenvalue weighted by atomic mass is 16.5. The van der Waals surface area contributed by atoms with Crippen LogP contribution in [0.1, 0.15) is 24.6 Å². The summed E-state index contributed by atoms with van der Waals surface area (Å²) in [5, 5.41) is 11.6. The van der Waals surface area contributed by atoms with E-state index >= 15 is 0 Å². The molecule has 4 aromatic rings. The zero-order chi connectivity index (χ0) is 16.5. The van der Waals surface area contributed by atoms with Crippen LogP contribution in [0.4, 0.5) is 5.82 Å². The van der Waals surface area contributed by atoms with Crippen LogP contribution in [0.3, 0.4) is 0 Å². The standard InChI is InChI=1S/C16H15N7O/c1-10-8-14(23-13(19-10)5-7-18-23)20-11(2)16-21-15(22-24-16)12-4-3-6-17-9-12/h3-9,11,20H,1-2H3. The van der Waals surface area contributed by atoms with Crippen molar-refractivity contribution in [2.24, 2.45) is 0 Å². The van der Waals surface area contributed by atoms with Crippen LogP contribution < -0.4 is 5.32 Å². The molecule has 0 aliphatic carbocycles. The van der Waals surface area contributed by atoms with Crippen molar-refractivity contribution in [2.75, 3.05) is 5.32 Å². The van der Waals surface area contributed by atoms with Crippen LogP contribution in [0.5, 0.6) is 0 Å². The maximum absolute atomic E-state index is 5.38. The molecule has 8 heteroatoms. The molecule has 1 unspecified atom stereocenters. The largest absolute Gasteiger partial charge is 0.358 e. The van der Waals surface area contributed by atoms with E-state index in [1.54, 1.807) is 23.1 Å². The highest BCUT2D eigenvalue weighted by molar-refractivity contribution is 5.52. The topological polar surface area (TPSA) is 94.0 Å². The molecule has 4 heterocycles. The number of nitrogens with one attached hydrogen (secondary N) is 1. The molecule has 0 saturated carbocycles. The molecule has 0 fully saturated rings. The van der Waals surface area contributed by atoms with Crippen molar-refractivity contribution in [3.8, 4) is 11.4 Å². The number of hydrogen-bond donors (Lipinski definition) is 1. The van der Waals surface area contributed by atoms with Crippen molar-refractivity contribution in [1.29, 1.82) is 0 Å². The van der Waals surface area contributed by atoms with Crippen molar-refractivity contribution in [3.63, 3.8) is 0 Å². The Kier molecular flexibility index (Phi) is 3.42. The van der Waals surface area contributed by atoms with Gasteiger partial charge in [0.25, 0.3) is 0 Å². The molecule has 8 nitrogen and oxygen atoms in total. The molecule has 0 aromatic carbocycles. The second kappa shape index (κ2) is 5.73. The Hall–Kier alpha value is -3.29. The number of pyridine rings is 1. The van der Waals surface area contributed by atoms with Crippen molar-refractivity contribution < 1.29 is 4.52 Å². The molecule has 120 valence electrons. The van der Waals surface area contributed by atoms with Gasteiger partial charge in [0.15, 0.2) is 5.65 Å². The fourth-order valence-electron chi connectivity index (χ4n) is 2.45. The Bertz CT molecular complexity index is 976. The molecule has 0 radical (unpaired) electrons. The molecule has 1 N–H and O–H groups in total. The fraction of sp³-hybridized carbons (Fsp3) is 0.188. The summed E-state index contributed by atoms with van der Waals surface area (Å²) in [6, 6.07) is 7.32. The Morgan fingerprint density at radius 3 is 2.96 bits per heavy atom. The lowest BCUT2D eigenvalue weighted by Crippen LogP contribution is -2.11. The molecule has 0 amide bonds. The van der Waals surface area contributed by atoms with Gasteiger partial charge in [0, 0.05) is 35.8 Å². The van der Waals surface area contributed by atoms with E-state index in [0.717, 1.165) is 22.7 Å². The van der Waals surface area contributed by atoms with Gasteiger partial charge < -0.3 is 9.84 Å². The van der Waals surface area contributed by atoms with Gasteiger partial charge in [-0.15, -0.1) is 0 Å². The number of aryl methyl sites for hydroxylation is 1. The molecule has 0 aliphatic rings. The number of hydrogen-bond acceptors (Lipinski definition) is 7. The first-order valence-electron chi connectivity index (χ1n) is 7.52. The molecule has 0 bridgehead atoms. The van der Waals surface area contributed by atoms with Gasteiger partial charge in [0.1, 0.15) is 11.9 Å². The highest BCUT2D eigenvalue weighted by Crippen LogP contribution is 2.21. The van der Waals surface area contributed by atoms with Gasteiger partial charge in [-0.2, -0.15) is 14.6 Å². The average molecular weight is 321 g/mol. The first-order chi connectivity index (χ1) is 11.7. The average Bonchev–Trinajstić information content (AvgIpc) is 3.24. The van der Waals surface area contributed by atoms with E-state index in [0.29, 0.717) is 11.7 Å². The molecule has 0 aliphatic heterocycles. The highest BCUT2D eigenvalue weighted by Gasteiger charge is 2.17. The van der Waals surface area contributed by atoms with Gasteiger partial charge in [-0.3, -0.25) is 4.98 Å². The summed E-state index contributed by atoms with van der Waals surface area (Å²) in [5.74, 6) is 1.82. The Balaban J connectivity index is 1.61. The maximum atomic E-state index is 5.38. The molecular weight excluding hydrogens is 306 g/mol. The maximum Gasteiger partial charge on any atom is 0.249 e.